The van der Waals surface area contributed by atoms with Crippen LogP contribution >= 0.6 is 0 Å². The van der Waals surface area contributed by atoms with Gasteiger partial charge in [0.1, 0.15) is 0 Å². The number of carbonyl (C=O) groups is 2. The molecule has 0 saturated heterocycles. The average Bonchev–Trinajstić information content (AvgIpc) is 2.74. The highest BCUT2D eigenvalue weighted by Gasteiger charge is 2.35. The molecule has 0 radical (unpaired) electrons. The van der Waals surface area contributed by atoms with Crippen molar-refractivity contribution >= 4 is 17.5 Å². The predicted octanol–water partition coefficient (Wildman–Crippen LogP) is 1.46. The minimum absolute atomic E-state index is 0.0312. The molecule has 0 aliphatic carbocycles. The molecule has 110 valence electrons. The number of carbonyl (C=O) groups excluding carboxylic acids is 2. The number of non-ortho nitro benzene ring substituents is 1. The summed E-state index contributed by atoms with van der Waals surface area (Å²) in [6.07, 6.45) is 0. The molecular weight excluding hydrogens is 288 g/mol. The normalized spacial score (nSPS) is 13.4. The minimum atomic E-state index is -0.634. The van der Waals surface area contributed by atoms with Crippen LogP contribution in [0.5, 0.6) is 5.75 Å². The van der Waals surface area contributed by atoms with Gasteiger partial charge in [-0.2, -0.15) is 0 Å². The van der Waals surface area contributed by atoms with Gasteiger partial charge in [-0.15, -0.1) is 5.75 Å². The van der Waals surface area contributed by atoms with Gasteiger partial charge in [0.15, 0.2) is 0 Å². The second-order valence-electron chi connectivity index (χ2n) is 4.79. The lowest BCUT2D eigenvalue weighted by Gasteiger charge is -2.18. The number of fused-ring (bicyclic) bond motifs is 1. The predicted molar refractivity (Wildman–Crippen MR) is 73.2 cm³/mol. The van der Waals surface area contributed by atoms with Crippen molar-refractivity contribution in [2.24, 2.45) is 0 Å². The Morgan fingerprint density at radius 2 is 1.59 bits per heavy atom. The Morgan fingerprint density at radius 3 is 2.14 bits per heavy atom. The summed E-state index contributed by atoms with van der Waals surface area (Å²) in [5.74, 6) is -1.47. The number of hydrogen-bond acceptors (Lipinski definition) is 5. The van der Waals surface area contributed by atoms with Crippen LogP contribution in [0.15, 0.2) is 42.5 Å². The van der Waals surface area contributed by atoms with Gasteiger partial charge in [0, 0.05) is 12.1 Å². The molecule has 0 saturated carbocycles. The van der Waals surface area contributed by atoms with Crippen molar-refractivity contribution in [3.63, 3.8) is 0 Å². The van der Waals surface area contributed by atoms with Crippen molar-refractivity contribution in [1.82, 2.24) is 4.90 Å². The van der Waals surface area contributed by atoms with E-state index in [0.29, 0.717) is 0 Å². The Balaban J connectivity index is 1.95. The zero-order valence-corrected chi connectivity index (χ0v) is 11.2. The summed E-state index contributed by atoms with van der Waals surface area (Å²) < 4.78 is 0. The molecule has 22 heavy (non-hydrogen) atoms. The number of benzene rings is 2. The molecular formula is C15H9N2O5-. The molecule has 0 N–H and O–H groups in total. The lowest BCUT2D eigenvalue weighted by Crippen LogP contribution is -2.29. The molecule has 1 aliphatic heterocycles. The van der Waals surface area contributed by atoms with Crippen molar-refractivity contribution < 1.29 is 19.6 Å². The SMILES string of the molecule is O=C1c2ccccc2C(=O)N1Cc1cc([N+](=O)[O-])ccc1[O-]. The van der Waals surface area contributed by atoms with Crippen molar-refractivity contribution in [3.05, 3.63) is 69.3 Å². The first-order chi connectivity index (χ1) is 10.5. The van der Waals surface area contributed by atoms with E-state index in [9.17, 15) is 24.8 Å². The van der Waals surface area contributed by atoms with Crippen LogP contribution in [0, 0.1) is 10.1 Å². The maximum absolute atomic E-state index is 12.2. The maximum Gasteiger partial charge on any atom is 0.269 e. The summed E-state index contributed by atoms with van der Waals surface area (Å²) in [5.41, 5.74) is 0.311. The molecule has 7 heteroatoms. The quantitative estimate of drug-likeness (QED) is 0.484. The van der Waals surface area contributed by atoms with Crippen LogP contribution in [0.4, 0.5) is 5.69 Å². The van der Waals surface area contributed by atoms with Crippen molar-refractivity contribution in [1.29, 1.82) is 0 Å². The standard InChI is InChI=1S/C15H10N2O5/c18-13-6-5-10(17(21)22)7-9(13)8-16-14(19)11-3-1-2-4-12(11)15(16)20/h1-7,18H,8H2/p-1. The van der Waals surface area contributed by atoms with Gasteiger partial charge < -0.3 is 5.11 Å². The van der Waals surface area contributed by atoms with E-state index >= 15 is 0 Å². The van der Waals surface area contributed by atoms with E-state index in [1.807, 2.05) is 0 Å². The van der Waals surface area contributed by atoms with E-state index in [4.69, 9.17) is 0 Å². The first kappa shape index (κ1) is 13.7. The fourth-order valence-electron chi connectivity index (χ4n) is 2.36. The highest BCUT2D eigenvalue weighted by Crippen LogP contribution is 2.27. The van der Waals surface area contributed by atoms with Crippen LogP contribution in [0.1, 0.15) is 26.3 Å². The molecule has 0 aromatic heterocycles. The average molecular weight is 297 g/mol. The van der Waals surface area contributed by atoms with Crippen LogP contribution < -0.4 is 5.11 Å². The van der Waals surface area contributed by atoms with E-state index in [2.05, 4.69) is 0 Å². The molecule has 0 fully saturated rings. The third-order valence-electron chi connectivity index (χ3n) is 3.46. The molecule has 0 atom stereocenters. The van der Waals surface area contributed by atoms with Crippen molar-refractivity contribution in [3.8, 4) is 5.75 Å². The topological polar surface area (TPSA) is 104 Å². The van der Waals surface area contributed by atoms with E-state index in [-0.39, 0.29) is 28.9 Å². The Bertz CT molecular complexity index is 780. The monoisotopic (exact) mass is 297 g/mol. The summed E-state index contributed by atoms with van der Waals surface area (Å²) in [5, 5.41) is 22.6. The number of hydrogen-bond donors (Lipinski definition) is 0. The molecule has 0 unspecified atom stereocenters. The summed E-state index contributed by atoms with van der Waals surface area (Å²) >= 11 is 0. The smallest absolute Gasteiger partial charge is 0.269 e. The van der Waals surface area contributed by atoms with Crippen molar-refractivity contribution in [2.75, 3.05) is 0 Å². The van der Waals surface area contributed by atoms with Gasteiger partial charge >= 0.3 is 0 Å². The van der Waals surface area contributed by atoms with Crippen LogP contribution in [0.25, 0.3) is 0 Å². The second kappa shape index (κ2) is 4.96. The van der Waals surface area contributed by atoms with E-state index in [0.717, 1.165) is 23.1 Å². The van der Waals surface area contributed by atoms with Crippen molar-refractivity contribution in [2.45, 2.75) is 6.54 Å². The molecule has 2 aromatic carbocycles. The fraction of sp³-hybridized carbons (Fsp3) is 0.0667. The minimum Gasteiger partial charge on any atom is -0.872 e. The van der Waals surface area contributed by atoms with Crippen LogP contribution in [-0.4, -0.2) is 21.6 Å². The van der Waals surface area contributed by atoms with Gasteiger partial charge in [0.05, 0.1) is 22.6 Å². The van der Waals surface area contributed by atoms with Gasteiger partial charge in [-0.05, 0) is 17.7 Å². The van der Waals surface area contributed by atoms with Crippen LogP contribution in [0.3, 0.4) is 0 Å². The molecule has 0 bridgehead atoms. The Labute approximate surface area is 124 Å². The lowest BCUT2D eigenvalue weighted by molar-refractivity contribution is -0.385. The number of nitro groups is 1. The van der Waals surface area contributed by atoms with Crippen LogP contribution in [0.2, 0.25) is 0 Å². The van der Waals surface area contributed by atoms with E-state index in [1.54, 1.807) is 12.1 Å². The van der Waals surface area contributed by atoms with Gasteiger partial charge in [0.25, 0.3) is 17.5 Å². The van der Waals surface area contributed by atoms with Gasteiger partial charge in [-0.1, -0.05) is 18.2 Å². The Kier molecular flexibility index (Phi) is 3.10. The lowest BCUT2D eigenvalue weighted by atomic mass is 10.1. The first-order valence-corrected chi connectivity index (χ1v) is 6.38. The number of imide groups is 1. The molecule has 0 spiro atoms. The fourth-order valence-corrected chi connectivity index (χ4v) is 2.36. The van der Waals surface area contributed by atoms with Gasteiger partial charge in [0.2, 0.25) is 0 Å². The maximum atomic E-state index is 12.2. The third kappa shape index (κ3) is 2.08. The number of rotatable bonds is 3. The first-order valence-electron chi connectivity index (χ1n) is 6.38. The zero-order chi connectivity index (χ0) is 15.9. The highest BCUT2D eigenvalue weighted by molar-refractivity contribution is 6.21. The number of nitro benzene ring substituents is 1. The zero-order valence-electron chi connectivity index (χ0n) is 11.2. The van der Waals surface area contributed by atoms with E-state index in [1.165, 1.54) is 12.1 Å². The van der Waals surface area contributed by atoms with Crippen LogP contribution in [-0.2, 0) is 6.54 Å². The third-order valence-corrected chi connectivity index (χ3v) is 3.46. The van der Waals surface area contributed by atoms with Gasteiger partial charge in [-0.25, -0.2) is 0 Å². The summed E-state index contributed by atoms with van der Waals surface area (Å²) in [4.78, 5) is 35.5. The summed E-state index contributed by atoms with van der Waals surface area (Å²) in [7, 11) is 0. The Morgan fingerprint density at radius 1 is 1.00 bits per heavy atom. The number of amides is 2. The summed E-state index contributed by atoms with van der Waals surface area (Å²) in [6.45, 7) is -0.285. The molecule has 1 heterocycles. The van der Waals surface area contributed by atoms with E-state index < -0.39 is 22.5 Å². The van der Waals surface area contributed by atoms with Gasteiger partial charge in [-0.3, -0.25) is 24.6 Å². The Hall–Kier alpha value is -3.22. The largest absolute Gasteiger partial charge is 0.872 e. The molecule has 3 rings (SSSR count). The molecule has 1 aliphatic rings. The second-order valence-corrected chi connectivity index (χ2v) is 4.79. The number of nitrogens with zero attached hydrogens (tertiary/aromatic N) is 2. The molecule has 2 amide bonds. The molecule has 7 nitrogen and oxygen atoms in total. The molecule has 2 aromatic rings. The summed E-state index contributed by atoms with van der Waals surface area (Å²) in [6, 6.07) is 9.58. The highest BCUT2D eigenvalue weighted by atomic mass is 16.6.